The highest BCUT2D eigenvalue weighted by atomic mass is 16.5. The Hall–Kier alpha value is -2.04. The predicted molar refractivity (Wildman–Crippen MR) is 78.9 cm³/mol. The first-order valence-corrected chi connectivity index (χ1v) is 6.81. The Kier molecular flexibility index (Phi) is 4.27. The lowest BCUT2D eigenvalue weighted by atomic mass is 9.99. The van der Waals surface area contributed by atoms with Crippen molar-refractivity contribution in [3.63, 3.8) is 0 Å². The molecule has 1 unspecified atom stereocenters. The Morgan fingerprint density at radius 3 is 2.95 bits per heavy atom. The number of aryl methyl sites for hydroxylation is 2. The van der Waals surface area contributed by atoms with Gasteiger partial charge in [-0.3, -0.25) is 10.3 Å². The van der Waals surface area contributed by atoms with Crippen LogP contribution in [0.1, 0.15) is 29.7 Å². The summed E-state index contributed by atoms with van der Waals surface area (Å²) in [4.78, 5) is 17.9. The van der Waals surface area contributed by atoms with Crippen LogP contribution in [0.2, 0.25) is 0 Å². The van der Waals surface area contributed by atoms with Gasteiger partial charge in [-0.1, -0.05) is 23.8 Å². The van der Waals surface area contributed by atoms with E-state index in [4.69, 9.17) is 4.74 Å². The number of hydrogen-bond acceptors (Lipinski definition) is 4. The van der Waals surface area contributed by atoms with Crippen LogP contribution in [0.25, 0.3) is 0 Å². The molecule has 0 bridgehead atoms. The van der Waals surface area contributed by atoms with E-state index >= 15 is 0 Å². The summed E-state index contributed by atoms with van der Waals surface area (Å²) in [6.45, 7) is 6.94. The number of guanidine groups is 1. The third-order valence-electron chi connectivity index (χ3n) is 3.50. The van der Waals surface area contributed by atoms with Gasteiger partial charge >= 0.3 is 6.09 Å². The van der Waals surface area contributed by atoms with Crippen LogP contribution < -0.4 is 5.32 Å². The SMILES string of the molecule is CCOC(=O)NC1=NCC(c2cc(C)ccc2C)N1C. The van der Waals surface area contributed by atoms with Crippen LogP contribution in [0.4, 0.5) is 4.79 Å². The zero-order chi connectivity index (χ0) is 14.7. The highest BCUT2D eigenvalue weighted by Gasteiger charge is 2.28. The molecule has 20 heavy (non-hydrogen) atoms. The van der Waals surface area contributed by atoms with Crippen LogP contribution in [0.15, 0.2) is 23.2 Å². The van der Waals surface area contributed by atoms with Crippen molar-refractivity contribution < 1.29 is 9.53 Å². The van der Waals surface area contributed by atoms with Crippen molar-refractivity contribution in [2.24, 2.45) is 4.99 Å². The molecule has 1 amide bonds. The Balaban J connectivity index is 2.11. The number of benzene rings is 1. The highest BCUT2D eigenvalue weighted by molar-refractivity contribution is 5.95. The van der Waals surface area contributed by atoms with E-state index in [-0.39, 0.29) is 6.04 Å². The van der Waals surface area contributed by atoms with Crippen molar-refractivity contribution in [1.29, 1.82) is 0 Å². The van der Waals surface area contributed by atoms with E-state index in [2.05, 4.69) is 42.4 Å². The van der Waals surface area contributed by atoms with E-state index in [1.807, 2.05) is 11.9 Å². The van der Waals surface area contributed by atoms with Crippen LogP contribution in [0.5, 0.6) is 0 Å². The standard InChI is InChI=1S/C15H21N3O2/c1-5-20-15(19)17-14-16-9-13(18(14)4)12-8-10(2)6-7-11(12)3/h6-8,13H,5,9H2,1-4H3,(H,16,17,19). The zero-order valence-electron chi connectivity index (χ0n) is 12.4. The minimum atomic E-state index is -0.459. The molecule has 1 aliphatic heterocycles. The van der Waals surface area contributed by atoms with E-state index in [1.54, 1.807) is 6.92 Å². The van der Waals surface area contributed by atoms with Crippen LogP contribution >= 0.6 is 0 Å². The molecular formula is C15H21N3O2. The highest BCUT2D eigenvalue weighted by Crippen LogP contribution is 2.27. The Morgan fingerprint density at radius 2 is 2.25 bits per heavy atom. The second-order valence-electron chi connectivity index (χ2n) is 5.00. The summed E-state index contributed by atoms with van der Waals surface area (Å²) >= 11 is 0. The molecule has 1 aliphatic rings. The molecule has 0 radical (unpaired) electrons. The predicted octanol–water partition coefficient (Wildman–Crippen LogP) is 2.39. The molecule has 1 heterocycles. The maximum atomic E-state index is 11.5. The van der Waals surface area contributed by atoms with E-state index in [9.17, 15) is 4.79 Å². The summed E-state index contributed by atoms with van der Waals surface area (Å²) in [5, 5.41) is 2.68. The summed E-state index contributed by atoms with van der Waals surface area (Å²) in [5.74, 6) is 0.564. The summed E-state index contributed by atoms with van der Waals surface area (Å²) in [5.41, 5.74) is 3.71. The van der Waals surface area contributed by atoms with Gasteiger partial charge in [0.25, 0.3) is 0 Å². The molecule has 1 N–H and O–H groups in total. The van der Waals surface area contributed by atoms with Gasteiger partial charge in [0.05, 0.1) is 19.2 Å². The summed E-state index contributed by atoms with van der Waals surface area (Å²) < 4.78 is 4.88. The number of nitrogens with zero attached hydrogens (tertiary/aromatic N) is 2. The number of aliphatic imine (C=N–C) groups is 1. The zero-order valence-corrected chi connectivity index (χ0v) is 12.4. The fraction of sp³-hybridized carbons (Fsp3) is 0.467. The first kappa shape index (κ1) is 14.4. The number of rotatable bonds is 2. The second-order valence-corrected chi connectivity index (χ2v) is 5.00. The molecule has 0 saturated heterocycles. The lowest BCUT2D eigenvalue weighted by Gasteiger charge is -2.25. The fourth-order valence-electron chi connectivity index (χ4n) is 2.37. The maximum Gasteiger partial charge on any atom is 0.413 e. The number of nitrogens with one attached hydrogen (secondary N) is 1. The maximum absolute atomic E-state index is 11.5. The number of alkyl carbamates (subject to hydrolysis) is 1. The van der Waals surface area contributed by atoms with Crippen molar-refractivity contribution in [2.75, 3.05) is 20.2 Å². The van der Waals surface area contributed by atoms with Gasteiger partial charge in [0.15, 0.2) is 0 Å². The van der Waals surface area contributed by atoms with Crippen molar-refractivity contribution in [3.8, 4) is 0 Å². The van der Waals surface area contributed by atoms with Gasteiger partial charge < -0.3 is 9.64 Å². The molecule has 0 aromatic heterocycles. The molecule has 5 nitrogen and oxygen atoms in total. The fourth-order valence-corrected chi connectivity index (χ4v) is 2.37. The molecule has 0 spiro atoms. The number of hydrogen-bond donors (Lipinski definition) is 1. The van der Waals surface area contributed by atoms with E-state index < -0.39 is 6.09 Å². The molecule has 2 rings (SSSR count). The average Bonchev–Trinajstić information content (AvgIpc) is 2.74. The molecule has 0 saturated carbocycles. The van der Waals surface area contributed by atoms with Gasteiger partial charge in [0.1, 0.15) is 0 Å². The summed E-state index contributed by atoms with van der Waals surface area (Å²) in [6, 6.07) is 6.56. The van der Waals surface area contributed by atoms with Crippen LogP contribution in [-0.4, -0.2) is 37.2 Å². The van der Waals surface area contributed by atoms with Crippen LogP contribution in [-0.2, 0) is 4.74 Å². The average molecular weight is 275 g/mol. The smallest absolute Gasteiger partial charge is 0.413 e. The van der Waals surface area contributed by atoms with Gasteiger partial charge in [-0.25, -0.2) is 4.79 Å². The molecule has 0 fully saturated rings. The third kappa shape index (κ3) is 2.92. The molecule has 108 valence electrons. The quantitative estimate of drug-likeness (QED) is 0.901. The van der Waals surface area contributed by atoms with Crippen LogP contribution in [0, 0.1) is 13.8 Å². The van der Waals surface area contributed by atoms with E-state index in [0.717, 1.165) is 0 Å². The third-order valence-corrected chi connectivity index (χ3v) is 3.50. The first-order valence-electron chi connectivity index (χ1n) is 6.81. The van der Waals surface area contributed by atoms with Gasteiger partial charge in [-0.05, 0) is 31.9 Å². The first-order chi connectivity index (χ1) is 9.52. The van der Waals surface area contributed by atoms with Gasteiger partial charge in [0.2, 0.25) is 5.96 Å². The second kappa shape index (κ2) is 5.94. The number of carbonyl (C=O) groups is 1. The van der Waals surface area contributed by atoms with Crippen molar-refractivity contribution in [3.05, 3.63) is 34.9 Å². The van der Waals surface area contributed by atoms with Crippen molar-refractivity contribution in [1.82, 2.24) is 10.2 Å². The lowest BCUT2D eigenvalue weighted by molar-refractivity contribution is 0.156. The van der Waals surface area contributed by atoms with E-state index in [1.165, 1.54) is 16.7 Å². The molecule has 5 heteroatoms. The van der Waals surface area contributed by atoms with Gasteiger partial charge in [-0.15, -0.1) is 0 Å². The minimum Gasteiger partial charge on any atom is -0.450 e. The number of carbonyl (C=O) groups excluding carboxylic acids is 1. The van der Waals surface area contributed by atoms with E-state index in [0.29, 0.717) is 19.1 Å². The molecular weight excluding hydrogens is 254 g/mol. The molecule has 1 aromatic rings. The molecule has 1 aromatic carbocycles. The largest absolute Gasteiger partial charge is 0.450 e. The Bertz CT molecular complexity index is 540. The van der Waals surface area contributed by atoms with Crippen molar-refractivity contribution >= 4 is 12.1 Å². The topological polar surface area (TPSA) is 53.9 Å². The van der Waals surface area contributed by atoms with Crippen LogP contribution in [0.3, 0.4) is 0 Å². The lowest BCUT2D eigenvalue weighted by Crippen LogP contribution is -2.40. The normalized spacial score (nSPS) is 17.9. The monoisotopic (exact) mass is 275 g/mol. The Labute approximate surface area is 119 Å². The summed E-state index contributed by atoms with van der Waals surface area (Å²) in [6.07, 6.45) is -0.459. The molecule has 1 atom stereocenters. The molecule has 0 aliphatic carbocycles. The number of amides is 1. The minimum absolute atomic E-state index is 0.159. The van der Waals surface area contributed by atoms with Gasteiger partial charge in [0, 0.05) is 7.05 Å². The van der Waals surface area contributed by atoms with Gasteiger partial charge in [-0.2, -0.15) is 0 Å². The van der Waals surface area contributed by atoms with Crippen molar-refractivity contribution in [2.45, 2.75) is 26.8 Å². The number of likely N-dealkylation sites (N-methyl/N-ethyl adjacent to an activating group) is 1. The number of ether oxygens (including phenoxy) is 1. The summed E-state index contributed by atoms with van der Waals surface area (Å²) in [7, 11) is 1.94. The Morgan fingerprint density at radius 1 is 1.50 bits per heavy atom.